The molecule has 6 nitrogen and oxygen atoms in total. The van der Waals surface area contributed by atoms with Crippen molar-refractivity contribution >= 4 is 11.8 Å². The Bertz CT molecular complexity index is 295. The lowest BCUT2D eigenvalue weighted by Crippen LogP contribution is -2.29. The summed E-state index contributed by atoms with van der Waals surface area (Å²) in [5, 5.41) is 12.3. The van der Waals surface area contributed by atoms with Crippen LogP contribution in [-0.4, -0.2) is 18.0 Å². The van der Waals surface area contributed by atoms with Gasteiger partial charge in [-0.15, -0.1) is 5.11 Å². The average molecular weight is 182 g/mol. The molecule has 2 N–H and O–H groups in total. The molecule has 0 fully saturated rings. The Morgan fingerprint density at radius 3 is 2.62 bits per heavy atom. The molecule has 70 valence electrons. The first-order chi connectivity index (χ1) is 6.08. The minimum atomic E-state index is -0.459. The molecule has 0 aliphatic carbocycles. The van der Waals surface area contributed by atoms with Crippen LogP contribution in [0.15, 0.2) is 22.1 Å². The van der Waals surface area contributed by atoms with Crippen molar-refractivity contribution in [1.82, 2.24) is 10.6 Å². The Kier molecular flexibility index (Phi) is 2.73. The number of nitrogens with zero attached hydrogens (tertiary/aromatic N) is 2. The molecule has 0 saturated heterocycles. The fourth-order valence-corrected chi connectivity index (χ4v) is 0.866. The predicted molar refractivity (Wildman–Crippen MR) is 44.4 cm³/mol. The molecular weight excluding hydrogens is 172 g/mol. The van der Waals surface area contributed by atoms with Crippen LogP contribution in [-0.2, 0) is 9.59 Å². The molecule has 2 amide bonds. The predicted octanol–water partition coefficient (Wildman–Crippen LogP) is -0.108. The smallest absolute Gasteiger partial charge is 0.222 e. The second-order valence-corrected chi connectivity index (χ2v) is 2.59. The molecule has 1 aliphatic heterocycles. The lowest BCUT2D eigenvalue weighted by Gasteiger charge is -2.01. The lowest BCUT2D eigenvalue weighted by molar-refractivity contribution is -0.119. The summed E-state index contributed by atoms with van der Waals surface area (Å²) >= 11 is 0. The van der Waals surface area contributed by atoms with Gasteiger partial charge in [0.15, 0.2) is 12.0 Å². The first-order valence-electron chi connectivity index (χ1n) is 3.75. The summed E-state index contributed by atoms with van der Waals surface area (Å²) in [6.45, 7) is 2.77. The van der Waals surface area contributed by atoms with Gasteiger partial charge < -0.3 is 10.6 Å². The molecule has 1 atom stereocenters. The molecule has 1 aliphatic rings. The van der Waals surface area contributed by atoms with Crippen molar-refractivity contribution in [3.05, 3.63) is 11.9 Å². The van der Waals surface area contributed by atoms with Crippen molar-refractivity contribution in [3.8, 4) is 0 Å². The van der Waals surface area contributed by atoms with Crippen molar-refractivity contribution < 1.29 is 9.59 Å². The topological polar surface area (TPSA) is 82.9 Å². The highest BCUT2D eigenvalue weighted by Gasteiger charge is 2.13. The van der Waals surface area contributed by atoms with E-state index in [1.54, 1.807) is 6.08 Å². The molecule has 0 aromatic heterocycles. The fraction of sp³-hybridized carbons (Fsp3) is 0.429. The quantitative estimate of drug-likeness (QED) is 0.624. The van der Waals surface area contributed by atoms with E-state index in [2.05, 4.69) is 20.9 Å². The number of carbonyl (C=O) groups is 2. The van der Waals surface area contributed by atoms with Gasteiger partial charge in [0.05, 0.1) is 0 Å². The summed E-state index contributed by atoms with van der Waals surface area (Å²) in [7, 11) is 0. The molecule has 0 aromatic rings. The van der Waals surface area contributed by atoms with Gasteiger partial charge in [0.2, 0.25) is 11.8 Å². The summed E-state index contributed by atoms with van der Waals surface area (Å²) in [5.74, 6) is -0.0378. The molecule has 0 bridgehead atoms. The first-order valence-corrected chi connectivity index (χ1v) is 3.75. The third kappa shape index (κ3) is 3.02. The van der Waals surface area contributed by atoms with Crippen LogP contribution in [0.1, 0.15) is 13.8 Å². The molecule has 0 aromatic carbocycles. The van der Waals surface area contributed by atoms with Gasteiger partial charge in [-0.25, -0.2) is 0 Å². The molecule has 1 unspecified atom stereocenters. The van der Waals surface area contributed by atoms with Gasteiger partial charge >= 0.3 is 0 Å². The summed E-state index contributed by atoms with van der Waals surface area (Å²) in [6.07, 6.45) is 1.10. The van der Waals surface area contributed by atoms with E-state index in [0.717, 1.165) is 0 Å². The summed E-state index contributed by atoms with van der Waals surface area (Å²) in [5.41, 5.74) is 0. The maximum Gasteiger partial charge on any atom is 0.222 e. The number of hydrogen-bond acceptors (Lipinski definition) is 4. The zero-order chi connectivity index (χ0) is 9.84. The van der Waals surface area contributed by atoms with Crippen LogP contribution in [0, 0.1) is 0 Å². The third-order valence-corrected chi connectivity index (χ3v) is 1.26. The summed E-state index contributed by atoms with van der Waals surface area (Å²) in [6, 6.07) is 0. The SMILES string of the molecule is CC(=O)NC1=CC(NC(C)=O)N=N1. The van der Waals surface area contributed by atoms with Crippen LogP contribution < -0.4 is 10.6 Å². The van der Waals surface area contributed by atoms with Crippen molar-refractivity contribution in [2.45, 2.75) is 20.0 Å². The number of carbonyl (C=O) groups excluding carboxylic acids is 2. The van der Waals surface area contributed by atoms with Gasteiger partial charge in [-0.05, 0) is 0 Å². The van der Waals surface area contributed by atoms with E-state index < -0.39 is 6.17 Å². The summed E-state index contributed by atoms with van der Waals surface area (Å²) in [4.78, 5) is 21.2. The number of nitrogens with one attached hydrogen (secondary N) is 2. The van der Waals surface area contributed by atoms with Crippen molar-refractivity contribution in [3.63, 3.8) is 0 Å². The van der Waals surface area contributed by atoms with E-state index in [0.29, 0.717) is 5.82 Å². The highest BCUT2D eigenvalue weighted by Crippen LogP contribution is 2.07. The highest BCUT2D eigenvalue weighted by atomic mass is 16.2. The third-order valence-electron chi connectivity index (χ3n) is 1.26. The molecule has 0 saturated carbocycles. The molecule has 1 rings (SSSR count). The van der Waals surface area contributed by atoms with Gasteiger partial charge in [-0.1, -0.05) is 0 Å². The number of rotatable bonds is 2. The number of hydrogen-bond donors (Lipinski definition) is 2. The molecule has 13 heavy (non-hydrogen) atoms. The molecule has 0 spiro atoms. The van der Waals surface area contributed by atoms with Crippen LogP contribution in [0.5, 0.6) is 0 Å². The second kappa shape index (κ2) is 3.79. The zero-order valence-electron chi connectivity index (χ0n) is 7.37. The standard InChI is InChI=1S/C7H10N4O2/c1-4(12)8-6-3-7(11-10-6)9-5(2)13/h3,6H,1-2H3,(H,8,12)(H,9,13). The minimum Gasteiger partial charge on any atom is -0.330 e. The molecular formula is C7H10N4O2. The first kappa shape index (κ1) is 9.37. The van der Waals surface area contributed by atoms with E-state index in [9.17, 15) is 9.59 Å². The minimum absolute atomic E-state index is 0.190. The van der Waals surface area contributed by atoms with E-state index >= 15 is 0 Å². The Morgan fingerprint density at radius 2 is 2.08 bits per heavy atom. The maximum atomic E-state index is 10.6. The Balaban J connectivity index is 2.50. The second-order valence-electron chi connectivity index (χ2n) is 2.59. The van der Waals surface area contributed by atoms with Crippen LogP contribution >= 0.6 is 0 Å². The van der Waals surface area contributed by atoms with Crippen molar-refractivity contribution in [2.24, 2.45) is 10.2 Å². The van der Waals surface area contributed by atoms with Gasteiger partial charge in [0.1, 0.15) is 0 Å². The fourth-order valence-electron chi connectivity index (χ4n) is 0.866. The Hall–Kier alpha value is -1.72. The largest absolute Gasteiger partial charge is 0.330 e. The Morgan fingerprint density at radius 1 is 1.38 bits per heavy atom. The van der Waals surface area contributed by atoms with E-state index in [4.69, 9.17) is 0 Å². The number of amides is 2. The van der Waals surface area contributed by atoms with Gasteiger partial charge in [0, 0.05) is 19.9 Å². The summed E-state index contributed by atoms with van der Waals surface area (Å²) < 4.78 is 0. The van der Waals surface area contributed by atoms with Crippen LogP contribution in [0.3, 0.4) is 0 Å². The van der Waals surface area contributed by atoms with E-state index in [-0.39, 0.29) is 11.8 Å². The van der Waals surface area contributed by atoms with Crippen molar-refractivity contribution in [2.75, 3.05) is 0 Å². The van der Waals surface area contributed by atoms with Crippen LogP contribution in [0.4, 0.5) is 0 Å². The highest BCUT2D eigenvalue weighted by molar-refractivity contribution is 5.75. The van der Waals surface area contributed by atoms with E-state index in [1.807, 2.05) is 0 Å². The Labute approximate surface area is 75.1 Å². The van der Waals surface area contributed by atoms with E-state index in [1.165, 1.54) is 13.8 Å². The number of azo groups is 1. The van der Waals surface area contributed by atoms with Crippen LogP contribution in [0.25, 0.3) is 0 Å². The molecule has 0 radical (unpaired) electrons. The van der Waals surface area contributed by atoms with Gasteiger partial charge in [-0.3, -0.25) is 9.59 Å². The van der Waals surface area contributed by atoms with Crippen molar-refractivity contribution in [1.29, 1.82) is 0 Å². The monoisotopic (exact) mass is 182 g/mol. The zero-order valence-corrected chi connectivity index (χ0v) is 7.37. The normalized spacial score (nSPS) is 19.5. The lowest BCUT2D eigenvalue weighted by atomic mass is 10.4. The molecule has 1 heterocycles. The van der Waals surface area contributed by atoms with Crippen LogP contribution in [0.2, 0.25) is 0 Å². The van der Waals surface area contributed by atoms with Gasteiger partial charge in [0.25, 0.3) is 0 Å². The van der Waals surface area contributed by atoms with Gasteiger partial charge in [-0.2, -0.15) is 5.11 Å². The average Bonchev–Trinajstić information content (AvgIpc) is 2.33. The molecule has 6 heteroatoms. The maximum absolute atomic E-state index is 10.6.